The number of halogens is 4. The fourth-order valence-corrected chi connectivity index (χ4v) is 4.21. The van der Waals surface area contributed by atoms with Gasteiger partial charge in [-0.3, -0.25) is 4.79 Å². The quantitative estimate of drug-likeness (QED) is 0.498. The molecule has 0 saturated carbocycles. The summed E-state index contributed by atoms with van der Waals surface area (Å²) in [4.78, 5) is 18.7. The first-order chi connectivity index (χ1) is 14.0. The highest BCUT2D eigenvalue weighted by atomic mass is 35.5. The van der Waals surface area contributed by atoms with Crippen LogP contribution in [0.2, 0.25) is 15.1 Å². The van der Waals surface area contributed by atoms with Gasteiger partial charge in [0.1, 0.15) is 5.82 Å². The van der Waals surface area contributed by atoms with Gasteiger partial charge in [-0.2, -0.15) is 4.98 Å². The zero-order chi connectivity index (χ0) is 20.5. The molecule has 2 heterocycles. The molecule has 5 nitrogen and oxygen atoms in total. The van der Waals surface area contributed by atoms with E-state index in [0.717, 1.165) is 0 Å². The third kappa shape index (κ3) is 3.97. The Balaban J connectivity index is 1.47. The topological polar surface area (TPSA) is 59.2 Å². The first-order valence-electron chi connectivity index (χ1n) is 8.97. The predicted octanol–water partition coefficient (Wildman–Crippen LogP) is 5.86. The second-order valence-corrected chi connectivity index (χ2v) is 7.94. The van der Waals surface area contributed by atoms with Gasteiger partial charge in [0.05, 0.1) is 26.2 Å². The van der Waals surface area contributed by atoms with Crippen LogP contribution in [-0.2, 0) is 0 Å². The van der Waals surface area contributed by atoms with Crippen LogP contribution in [0.3, 0.4) is 0 Å². The van der Waals surface area contributed by atoms with Crippen molar-refractivity contribution in [3.8, 4) is 11.4 Å². The Kier molecular flexibility index (Phi) is 5.76. The van der Waals surface area contributed by atoms with Crippen molar-refractivity contribution in [1.82, 2.24) is 15.0 Å². The third-order valence-electron chi connectivity index (χ3n) is 4.94. The van der Waals surface area contributed by atoms with Gasteiger partial charge in [-0.05, 0) is 37.1 Å². The van der Waals surface area contributed by atoms with Crippen LogP contribution in [0.25, 0.3) is 11.4 Å². The van der Waals surface area contributed by atoms with Crippen LogP contribution in [0.15, 0.2) is 40.9 Å². The van der Waals surface area contributed by atoms with Crippen molar-refractivity contribution < 1.29 is 13.7 Å². The number of hydrogen-bond acceptors (Lipinski definition) is 4. The van der Waals surface area contributed by atoms with Crippen LogP contribution in [0.4, 0.5) is 4.39 Å². The molecule has 0 aliphatic carbocycles. The van der Waals surface area contributed by atoms with Crippen molar-refractivity contribution >= 4 is 40.7 Å². The fourth-order valence-electron chi connectivity index (χ4n) is 3.40. The number of aromatic nitrogens is 2. The lowest BCUT2D eigenvalue weighted by atomic mass is 9.96. The minimum absolute atomic E-state index is 0.0161. The van der Waals surface area contributed by atoms with Gasteiger partial charge in [0.2, 0.25) is 11.7 Å². The molecule has 3 aromatic rings. The Morgan fingerprint density at radius 2 is 1.66 bits per heavy atom. The molecule has 0 atom stereocenters. The van der Waals surface area contributed by atoms with Crippen molar-refractivity contribution in [2.24, 2.45) is 0 Å². The van der Waals surface area contributed by atoms with Gasteiger partial charge in [0.15, 0.2) is 0 Å². The van der Waals surface area contributed by atoms with Crippen LogP contribution in [0, 0.1) is 5.82 Å². The summed E-state index contributed by atoms with van der Waals surface area (Å²) in [5, 5.41) is 4.99. The Bertz CT molecular complexity index is 1020. The molecule has 1 saturated heterocycles. The van der Waals surface area contributed by atoms with Gasteiger partial charge in [-0.1, -0.05) is 52.1 Å². The number of piperidine rings is 1. The maximum Gasteiger partial charge on any atom is 0.258 e. The number of rotatable bonds is 3. The molecule has 29 heavy (non-hydrogen) atoms. The summed E-state index contributed by atoms with van der Waals surface area (Å²) in [5.74, 6) is -0.264. The predicted molar refractivity (Wildman–Crippen MR) is 109 cm³/mol. The van der Waals surface area contributed by atoms with Crippen molar-refractivity contribution in [3.05, 3.63) is 68.7 Å². The molecule has 9 heteroatoms. The van der Waals surface area contributed by atoms with E-state index in [2.05, 4.69) is 10.1 Å². The van der Waals surface area contributed by atoms with Crippen LogP contribution in [-0.4, -0.2) is 34.0 Å². The van der Waals surface area contributed by atoms with E-state index in [4.69, 9.17) is 39.3 Å². The highest BCUT2D eigenvalue weighted by Gasteiger charge is 2.30. The highest BCUT2D eigenvalue weighted by molar-refractivity contribution is 6.39. The average Bonchev–Trinajstić information content (AvgIpc) is 3.17. The molecule has 4 rings (SSSR count). The van der Waals surface area contributed by atoms with Crippen LogP contribution in [0.5, 0.6) is 0 Å². The number of likely N-dealkylation sites (tertiary alicyclic amines) is 1. The van der Waals surface area contributed by atoms with Gasteiger partial charge >= 0.3 is 0 Å². The minimum atomic E-state index is -0.622. The second kappa shape index (κ2) is 8.30. The summed E-state index contributed by atoms with van der Waals surface area (Å²) in [6, 6.07) is 9.35. The molecule has 1 aliphatic rings. The summed E-state index contributed by atoms with van der Waals surface area (Å²) in [6.45, 7) is 0.859. The third-order valence-corrected chi connectivity index (χ3v) is 5.88. The average molecular weight is 455 g/mol. The lowest BCUT2D eigenvalue weighted by Crippen LogP contribution is -2.38. The number of benzene rings is 2. The molecule has 0 bridgehead atoms. The summed E-state index contributed by atoms with van der Waals surface area (Å²) in [7, 11) is 0. The van der Waals surface area contributed by atoms with Crippen LogP contribution in [0.1, 0.15) is 35.0 Å². The Morgan fingerprint density at radius 3 is 2.31 bits per heavy atom. The lowest BCUT2D eigenvalue weighted by Gasteiger charge is -2.30. The molecular weight excluding hydrogens is 440 g/mol. The number of carbonyl (C=O) groups excluding carboxylic acids is 1. The van der Waals surface area contributed by atoms with Gasteiger partial charge in [0.25, 0.3) is 5.91 Å². The van der Waals surface area contributed by atoms with Crippen molar-refractivity contribution in [1.29, 1.82) is 0 Å². The van der Waals surface area contributed by atoms with E-state index >= 15 is 0 Å². The van der Waals surface area contributed by atoms with Gasteiger partial charge in [-0.25, -0.2) is 4.39 Å². The minimum Gasteiger partial charge on any atom is -0.339 e. The number of hydrogen-bond donors (Lipinski definition) is 0. The molecule has 1 amide bonds. The molecule has 1 aliphatic heterocycles. The number of nitrogens with zero attached hydrogens (tertiary/aromatic N) is 3. The molecule has 1 fully saturated rings. The van der Waals surface area contributed by atoms with Crippen LogP contribution >= 0.6 is 34.8 Å². The second-order valence-electron chi connectivity index (χ2n) is 6.72. The first-order valence-corrected chi connectivity index (χ1v) is 10.1. The first kappa shape index (κ1) is 20.1. The normalized spacial score (nSPS) is 15.0. The number of amides is 1. The molecule has 0 N–H and O–H groups in total. The molecule has 150 valence electrons. The largest absolute Gasteiger partial charge is 0.339 e. The Hall–Kier alpha value is -2.15. The lowest BCUT2D eigenvalue weighted by molar-refractivity contribution is 0.0700. The highest BCUT2D eigenvalue weighted by Crippen LogP contribution is 2.35. The fraction of sp³-hybridized carbons (Fsp3) is 0.250. The smallest absolute Gasteiger partial charge is 0.258 e. The summed E-state index contributed by atoms with van der Waals surface area (Å²) >= 11 is 18.4. The summed E-state index contributed by atoms with van der Waals surface area (Å²) in [5.41, 5.74) is 0.425. The van der Waals surface area contributed by atoms with E-state index in [1.54, 1.807) is 23.1 Å². The summed E-state index contributed by atoms with van der Waals surface area (Å²) < 4.78 is 19.5. The maximum absolute atomic E-state index is 14.0. The van der Waals surface area contributed by atoms with E-state index in [1.165, 1.54) is 18.2 Å². The van der Waals surface area contributed by atoms with E-state index in [1.807, 2.05) is 0 Å². The molecular formula is C20H15Cl3FN3O2. The van der Waals surface area contributed by atoms with E-state index in [0.29, 0.717) is 53.3 Å². The standard InChI is InChI=1S/C20H15Cl3FN3O2/c21-12-3-1-4-13(22)16(12)18-25-19(29-26-18)11-7-9-27(10-8-11)20(28)17-14(23)5-2-6-15(17)24/h1-6,11H,7-10H2. The van der Waals surface area contributed by atoms with Gasteiger partial charge < -0.3 is 9.42 Å². The van der Waals surface area contributed by atoms with Crippen molar-refractivity contribution in [2.75, 3.05) is 13.1 Å². The van der Waals surface area contributed by atoms with Crippen LogP contribution < -0.4 is 0 Å². The summed E-state index contributed by atoms with van der Waals surface area (Å²) in [6.07, 6.45) is 1.21. The molecule has 1 aromatic heterocycles. The van der Waals surface area contributed by atoms with E-state index < -0.39 is 11.7 Å². The van der Waals surface area contributed by atoms with Gasteiger partial charge in [0, 0.05) is 19.0 Å². The molecule has 0 radical (unpaired) electrons. The molecule has 0 unspecified atom stereocenters. The monoisotopic (exact) mass is 453 g/mol. The van der Waals surface area contributed by atoms with Crippen molar-refractivity contribution in [3.63, 3.8) is 0 Å². The molecule has 2 aromatic carbocycles. The molecule has 0 spiro atoms. The number of carbonyl (C=O) groups is 1. The SMILES string of the molecule is O=C(c1c(F)cccc1Cl)N1CCC(c2nc(-c3c(Cl)cccc3Cl)no2)CC1. The van der Waals surface area contributed by atoms with E-state index in [-0.39, 0.29) is 16.5 Å². The Morgan fingerprint density at radius 1 is 1.03 bits per heavy atom. The zero-order valence-corrected chi connectivity index (χ0v) is 17.3. The van der Waals surface area contributed by atoms with Gasteiger partial charge in [-0.15, -0.1) is 0 Å². The zero-order valence-electron chi connectivity index (χ0n) is 15.0. The maximum atomic E-state index is 14.0. The Labute approximate surface area is 181 Å². The van der Waals surface area contributed by atoms with Crippen molar-refractivity contribution in [2.45, 2.75) is 18.8 Å². The van der Waals surface area contributed by atoms with E-state index in [9.17, 15) is 9.18 Å².